The molecule has 7 heteroatoms. The second kappa shape index (κ2) is 6.86. The summed E-state index contributed by atoms with van der Waals surface area (Å²) in [6.45, 7) is 0.432. The van der Waals surface area contributed by atoms with Gasteiger partial charge in [-0.2, -0.15) is 0 Å². The Hall–Kier alpha value is -3.45. The maximum atomic E-state index is 13.3. The molecule has 144 valence electrons. The molecule has 0 spiro atoms. The van der Waals surface area contributed by atoms with E-state index < -0.39 is 0 Å². The number of hydrogen-bond donors (Lipinski definition) is 1. The monoisotopic (exact) mass is 402 g/mol. The van der Waals surface area contributed by atoms with Crippen LogP contribution < -0.4 is 10.2 Å². The van der Waals surface area contributed by atoms with Gasteiger partial charge in [0.15, 0.2) is 0 Å². The summed E-state index contributed by atoms with van der Waals surface area (Å²) in [4.78, 5) is 31.4. The SMILES string of the molecule is Cn1c(=O)sc2cc(C3Nc4ccccc4C(=O)N3Cc3cccnc3)ccc21. The molecule has 1 aliphatic heterocycles. The standard InChI is InChI=1S/C22H18N4O2S/c1-25-18-9-8-15(11-19(18)29-22(25)28)20-24-17-7-3-2-6-16(17)21(27)26(20)13-14-5-4-10-23-12-14/h2-12,20,24H,13H2,1H3. The lowest BCUT2D eigenvalue weighted by Gasteiger charge is -2.38. The molecule has 1 atom stereocenters. The van der Waals surface area contributed by atoms with E-state index >= 15 is 0 Å². The van der Waals surface area contributed by atoms with Crippen LogP contribution in [0.2, 0.25) is 0 Å². The smallest absolute Gasteiger partial charge is 0.307 e. The van der Waals surface area contributed by atoms with Gasteiger partial charge in [-0.1, -0.05) is 35.6 Å². The van der Waals surface area contributed by atoms with Crippen molar-refractivity contribution >= 4 is 33.1 Å². The highest BCUT2D eigenvalue weighted by Crippen LogP contribution is 2.35. The van der Waals surface area contributed by atoms with Crippen molar-refractivity contribution < 1.29 is 4.79 Å². The van der Waals surface area contributed by atoms with Gasteiger partial charge in [-0.3, -0.25) is 14.6 Å². The van der Waals surface area contributed by atoms with Gasteiger partial charge in [-0.15, -0.1) is 0 Å². The van der Waals surface area contributed by atoms with Gasteiger partial charge in [-0.05, 0) is 41.5 Å². The highest BCUT2D eigenvalue weighted by atomic mass is 32.1. The Labute approximate surface area is 171 Å². The zero-order valence-corrected chi connectivity index (χ0v) is 16.5. The third kappa shape index (κ3) is 3.00. The third-order valence-electron chi connectivity index (χ3n) is 5.23. The first-order valence-corrected chi connectivity index (χ1v) is 10.1. The van der Waals surface area contributed by atoms with Crippen molar-refractivity contribution in [3.05, 3.63) is 93.3 Å². The van der Waals surface area contributed by atoms with Crippen LogP contribution in [-0.2, 0) is 13.6 Å². The summed E-state index contributed by atoms with van der Waals surface area (Å²) in [5.74, 6) is -0.0328. The molecule has 2 aromatic carbocycles. The number of fused-ring (bicyclic) bond motifs is 2. The van der Waals surface area contributed by atoms with Gasteiger partial charge >= 0.3 is 4.87 Å². The van der Waals surface area contributed by atoms with Gasteiger partial charge in [0.05, 0.1) is 15.8 Å². The van der Waals surface area contributed by atoms with Crippen molar-refractivity contribution in [3.8, 4) is 0 Å². The van der Waals surface area contributed by atoms with Crippen LogP contribution in [0, 0.1) is 0 Å². The lowest BCUT2D eigenvalue weighted by molar-refractivity contribution is 0.0666. The van der Waals surface area contributed by atoms with Gasteiger partial charge in [0.2, 0.25) is 0 Å². The highest BCUT2D eigenvalue weighted by Gasteiger charge is 2.33. The topological polar surface area (TPSA) is 67.2 Å². The largest absolute Gasteiger partial charge is 0.361 e. The number of rotatable bonds is 3. The quantitative estimate of drug-likeness (QED) is 0.567. The lowest BCUT2D eigenvalue weighted by atomic mass is 10.0. The molecule has 0 radical (unpaired) electrons. The molecule has 0 saturated heterocycles. The van der Waals surface area contributed by atoms with Crippen LogP contribution in [0.5, 0.6) is 0 Å². The first-order valence-electron chi connectivity index (χ1n) is 9.27. The summed E-state index contributed by atoms with van der Waals surface area (Å²) in [7, 11) is 1.77. The molecule has 1 N–H and O–H groups in total. The molecule has 3 heterocycles. The fraction of sp³-hybridized carbons (Fsp3) is 0.136. The fourth-order valence-electron chi connectivity index (χ4n) is 3.73. The van der Waals surface area contributed by atoms with Crippen molar-refractivity contribution in [2.45, 2.75) is 12.7 Å². The molecular formula is C22H18N4O2S. The Morgan fingerprint density at radius 2 is 1.97 bits per heavy atom. The Morgan fingerprint density at radius 3 is 2.79 bits per heavy atom. The van der Waals surface area contributed by atoms with E-state index in [1.807, 2.05) is 59.5 Å². The van der Waals surface area contributed by atoms with Crippen LogP contribution in [-0.4, -0.2) is 20.4 Å². The average molecular weight is 402 g/mol. The number of nitrogens with zero attached hydrogens (tertiary/aromatic N) is 3. The average Bonchev–Trinajstić information content (AvgIpc) is 3.04. The maximum Gasteiger partial charge on any atom is 0.307 e. The van der Waals surface area contributed by atoms with Crippen molar-refractivity contribution in [2.24, 2.45) is 7.05 Å². The van der Waals surface area contributed by atoms with Crippen molar-refractivity contribution in [1.82, 2.24) is 14.5 Å². The summed E-state index contributed by atoms with van der Waals surface area (Å²) in [6.07, 6.45) is 3.15. The number of nitrogens with one attached hydrogen (secondary N) is 1. The number of para-hydroxylation sites is 1. The summed E-state index contributed by atoms with van der Waals surface area (Å²) >= 11 is 1.21. The van der Waals surface area contributed by atoms with E-state index in [0.29, 0.717) is 12.1 Å². The van der Waals surface area contributed by atoms with Crippen molar-refractivity contribution in [1.29, 1.82) is 0 Å². The molecule has 2 aromatic heterocycles. The molecule has 5 rings (SSSR count). The van der Waals surface area contributed by atoms with Gasteiger partial charge < -0.3 is 14.8 Å². The highest BCUT2D eigenvalue weighted by molar-refractivity contribution is 7.16. The summed E-state index contributed by atoms with van der Waals surface area (Å²) < 4.78 is 2.55. The van der Waals surface area contributed by atoms with Crippen LogP contribution in [0.25, 0.3) is 10.2 Å². The molecule has 0 aliphatic carbocycles. The van der Waals surface area contributed by atoms with Gasteiger partial charge in [0, 0.05) is 31.7 Å². The number of anilines is 1. The van der Waals surface area contributed by atoms with Crippen molar-refractivity contribution in [3.63, 3.8) is 0 Å². The number of thiazole rings is 1. The minimum absolute atomic E-state index is 0.00221. The minimum Gasteiger partial charge on any atom is -0.361 e. The van der Waals surface area contributed by atoms with Crippen LogP contribution >= 0.6 is 11.3 Å². The predicted octanol–water partition coefficient (Wildman–Crippen LogP) is 3.76. The molecule has 1 unspecified atom stereocenters. The second-order valence-electron chi connectivity index (χ2n) is 7.04. The summed E-state index contributed by atoms with van der Waals surface area (Å²) in [5.41, 5.74) is 4.25. The number of carbonyl (C=O) groups is 1. The number of aryl methyl sites for hydroxylation is 1. The zero-order valence-electron chi connectivity index (χ0n) is 15.7. The Balaban J connectivity index is 1.61. The third-order valence-corrected chi connectivity index (χ3v) is 6.23. The molecule has 0 bridgehead atoms. The number of hydrogen-bond acceptors (Lipinski definition) is 5. The summed E-state index contributed by atoms with van der Waals surface area (Å²) in [6, 6.07) is 17.3. The van der Waals surface area contributed by atoms with Crippen LogP contribution in [0.15, 0.2) is 71.8 Å². The number of benzene rings is 2. The van der Waals surface area contributed by atoms with E-state index in [0.717, 1.165) is 27.0 Å². The fourth-order valence-corrected chi connectivity index (χ4v) is 4.66. The van der Waals surface area contributed by atoms with E-state index in [1.165, 1.54) is 11.3 Å². The molecule has 0 saturated carbocycles. The summed E-state index contributed by atoms with van der Waals surface area (Å²) in [5, 5.41) is 3.50. The molecule has 29 heavy (non-hydrogen) atoms. The van der Waals surface area contributed by atoms with Crippen LogP contribution in [0.4, 0.5) is 5.69 Å². The molecule has 6 nitrogen and oxygen atoms in total. The first kappa shape index (κ1) is 17.6. The van der Waals surface area contributed by atoms with Crippen LogP contribution in [0.1, 0.15) is 27.7 Å². The van der Waals surface area contributed by atoms with Gasteiger partial charge in [-0.25, -0.2) is 0 Å². The Bertz CT molecular complexity index is 1280. The molecule has 4 aromatic rings. The van der Waals surface area contributed by atoms with Gasteiger partial charge in [0.25, 0.3) is 5.91 Å². The number of carbonyl (C=O) groups excluding carboxylic acids is 1. The van der Waals surface area contributed by atoms with Crippen molar-refractivity contribution in [2.75, 3.05) is 5.32 Å². The molecule has 0 fully saturated rings. The molecule has 1 amide bonds. The zero-order chi connectivity index (χ0) is 20.0. The number of pyridine rings is 1. The Kier molecular flexibility index (Phi) is 4.17. The van der Waals surface area contributed by atoms with Gasteiger partial charge in [0.1, 0.15) is 6.17 Å². The predicted molar refractivity (Wildman–Crippen MR) is 114 cm³/mol. The van der Waals surface area contributed by atoms with E-state index in [4.69, 9.17) is 0 Å². The maximum absolute atomic E-state index is 13.3. The normalized spacial score (nSPS) is 16.0. The van der Waals surface area contributed by atoms with E-state index in [9.17, 15) is 9.59 Å². The molecule has 1 aliphatic rings. The lowest BCUT2D eigenvalue weighted by Crippen LogP contribution is -2.42. The van der Waals surface area contributed by atoms with E-state index in [-0.39, 0.29) is 16.9 Å². The molecular weight excluding hydrogens is 384 g/mol. The first-order chi connectivity index (χ1) is 14.1. The van der Waals surface area contributed by atoms with E-state index in [2.05, 4.69) is 10.3 Å². The Morgan fingerprint density at radius 1 is 1.10 bits per heavy atom. The number of aromatic nitrogens is 2. The minimum atomic E-state index is -0.343. The van der Waals surface area contributed by atoms with Crippen LogP contribution in [0.3, 0.4) is 0 Å². The van der Waals surface area contributed by atoms with E-state index in [1.54, 1.807) is 24.0 Å². The number of amides is 1. The second-order valence-corrected chi connectivity index (χ2v) is 8.03.